The first-order valence-corrected chi connectivity index (χ1v) is 8.36. The van der Waals surface area contributed by atoms with Gasteiger partial charge in [-0.25, -0.2) is 9.78 Å². The van der Waals surface area contributed by atoms with E-state index in [0.29, 0.717) is 12.0 Å². The van der Waals surface area contributed by atoms with Crippen molar-refractivity contribution in [3.05, 3.63) is 64.8 Å². The van der Waals surface area contributed by atoms with Crippen molar-refractivity contribution in [2.45, 2.75) is 20.3 Å². The van der Waals surface area contributed by atoms with E-state index < -0.39 is 5.97 Å². The molecule has 1 aromatic heterocycles. The summed E-state index contributed by atoms with van der Waals surface area (Å²) in [5.41, 5.74) is 6.90. The summed E-state index contributed by atoms with van der Waals surface area (Å²) in [6, 6.07) is 13.8. The van der Waals surface area contributed by atoms with E-state index >= 15 is 0 Å². The number of aromatic carboxylic acids is 1. The van der Waals surface area contributed by atoms with Crippen molar-refractivity contribution >= 4 is 17.3 Å². The third-order valence-corrected chi connectivity index (χ3v) is 4.90. The average molecular weight is 323 g/mol. The largest absolute Gasteiger partial charge is 0.478 e. The van der Waals surface area contributed by atoms with Gasteiger partial charge >= 0.3 is 5.97 Å². The van der Waals surface area contributed by atoms with Crippen molar-refractivity contribution < 1.29 is 9.90 Å². The monoisotopic (exact) mass is 323 g/mol. The van der Waals surface area contributed by atoms with Crippen molar-refractivity contribution in [1.82, 2.24) is 4.98 Å². The van der Waals surface area contributed by atoms with Gasteiger partial charge < -0.3 is 5.11 Å². The van der Waals surface area contributed by atoms with E-state index in [1.54, 1.807) is 11.6 Å². The predicted octanol–water partition coefficient (Wildman–Crippen LogP) is 5.05. The molecule has 3 aromatic rings. The van der Waals surface area contributed by atoms with E-state index in [2.05, 4.69) is 11.1 Å². The lowest BCUT2D eigenvalue weighted by Gasteiger charge is -2.14. The SMILES string of the molecule is CCc1c(C(=O)O)cc(-c2scnc2C)cc1-c1ccccc1. The average Bonchev–Trinajstić information content (AvgIpc) is 3.00. The Morgan fingerprint density at radius 2 is 1.91 bits per heavy atom. The van der Waals surface area contributed by atoms with Crippen LogP contribution in [0.4, 0.5) is 0 Å². The Kier molecular flexibility index (Phi) is 4.26. The molecule has 1 N–H and O–H groups in total. The lowest BCUT2D eigenvalue weighted by atomic mass is 9.91. The Morgan fingerprint density at radius 1 is 1.17 bits per heavy atom. The molecule has 0 aliphatic heterocycles. The summed E-state index contributed by atoms with van der Waals surface area (Å²) in [6.07, 6.45) is 0.674. The summed E-state index contributed by atoms with van der Waals surface area (Å²) in [7, 11) is 0. The molecule has 23 heavy (non-hydrogen) atoms. The summed E-state index contributed by atoms with van der Waals surface area (Å²) in [6.45, 7) is 3.94. The van der Waals surface area contributed by atoms with Gasteiger partial charge in [0.05, 0.1) is 21.6 Å². The van der Waals surface area contributed by atoms with Gasteiger partial charge in [-0.15, -0.1) is 11.3 Å². The van der Waals surface area contributed by atoms with Gasteiger partial charge in [-0.05, 0) is 47.7 Å². The highest BCUT2D eigenvalue weighted by Gasteiger charge is 2.18. The number of aryl methyl sites for hydroxylation is 1. The van der Waals surface area contributed by atoms with Gasteiger partial charge in [-0.2, -0.15) is 0 Å². The zero-order valence-corrected chi connectivity index (χ0v) is 13.9. The number of carboxylic acid groups (broad SMARTS) is 1. The number of rotatable bonds is 4. The Bertz CT molecular complexity index is 853. The molecule has 2 aromatic carbocycles. The molecule has 0 fully saturated rings. The molecule has 0 saturated heterocycles. The van der Waals surface area contributed by atoms with Crippen molar-refractivity contribution in [3.8, 4) is 21.6 Å². The van der Waals surface area contributed by atoms with E-state index in [9.17, 15) is 9.90 Å². The van der Waals surface area contributed by atoms with Crippen LogP contribution >= 0.6 is 11.3 Å². The smallest absolute Gasteiger partial charge is 0.336 e. The number of nitrogens with zero attached hydrogens (tertiary/aromatic N) is 1. The second-order valence-electron chi connectivity index (χ2n) is 5.34. The van der Waals surface area contributed by atoms with Gasteiger partial charge in [0.1, 0.15) is 0 Å². The topological polar surface area (TPSA) is 50.2 Å². The highest BCUT2D eigenvalue weighted by Crippen LogP contribution is 2.35. The van der Waals surface area contributed by atoms with Gasteiger partial charge in [0.25, 0.3) is 0 Å². The van der Waals surface area contributed by atoms with Crippen LogP contribution in [0.25, 0.3) is 21.6 Å². The Labute approximate surface area is 139 Å². The number of carboxylic acids is 1. The highest BCUT2D eigenvalue weighted by molar-refractivity contribution is 7.13. The quantitative estimate of drug-likeness (QED) is 0.731. The summed E-state index contributed by atoms with van der Waals surface area (Å²) in [5.74, 6) is -0.886. The molecule has 0 unspecified atom stereocenters. The van der Waals surface area contributed by atoms with E-state index in [-0.39, 0.29) is 0 Å². The molecular formula is C19H17NO2S. The van der Waals surface area contributed by atoms with Crippen LogP contribution in [0, 0.1) is 6.92 Å². The maximum absolute atomic E-state index is 11.8. The van der Waals surface area contributed by atoms with E-state index in [1.165, 1.54) is 11.3 Å². The molecule has 3 rings (SSSR count). The lowest BCUT2D eigenvalue weighted by molar-refractivity contribution is 0.0696. The second-order valence-corrected chi connectivity index (χ2v) is 6.20. The standard InChI is InChI=1S/C19H17NO2S/c1-3-15-16(13-7-5-4-6-8-13)9-14(10-17(15)19(21)22)18-12(2)20-11-23-18/h4-11H,3H2,1-2H3,(H,21,22). The third-order valence-electron chi connectivity index (χ3n) is 3.93. The molecule has 0 amide bonds. The summed E-state index contributed by atoms with van der Waals surface area (Å²) in [4.78, 5) is 17.1. The van der Waals surface area contributed by atoms with E-state index in [4.69, 9.17) is 0 Å². The number of aromatic nitrogens is 1. The van der Waals surface area contributed by atoms with Crippen LogP contribution in [0.2, 0.25) is 0 Å². The fourth-order valence-corrected chi connectivity index (χ4v) is 3.62. The van der Waals surface area contributed by atoms with Crippen molar-refractivity contribution in [1.29, 1.82) is 0 Å². The molecule has 0 aliphatic carbocycles. The normalized spacial score (nSPS) is 10.7. The number of hydrogen-bond acceptors (Lipinski definition) is 3. The van der Waals surface area contributed by atoms with Gasteiger partial charge in [-0.1, -0.05) is 37.3 Å². The Hall–Kier alpha value is -2.46. The molecule has 116 valence electrons. The Balaban J connectivity index is 2.31. The molecule has 3 nitrogen and oxygen atoms in total. The minimum atomic E-state index is -0.886. The molecule has 0 atom stereocenters. The molecule has 4 heteroatoms. The van der Waals surface area contributed by atoms with Crippen molar-refractivity contribution in [2.75, 3.05) is 0 Å². The number of benzene rings is 2. The van der Waals surface area contributed by atoms with Crippen LogP contribution in [-0.2, 0) is 6.42 Å². The summed E-state index contributed by atoms with van der Waals surface area (Å²) in [5, 5.41) is 9.65. The van der Waals surface area contributed by atoms with Crippen LogP contribution < -0.4 is 0 Å². The van der Waals surface area contributed by atoms with Gasteiger partial charge in [0.2, 0.25) is 0 Å². The van der Waals surface area contributed by atoms with E-state index in [0.717, 1.165) is 32.8 Å². The minimum absolute atomic E-state index is 0.372. The van der Waals surface area contributed by atoms with Crippen molar-refractivity contribution in [3.63, 3.8) is 0 Å². The highest BCUT2D eigenvalue weighted by atomic mass is 32.1. The van der Waals surface area contributed by atoms with Crippen LogP contribution in [0.15, 0.2) is 48.0 Å². The van der Waals surface area contributed by atoms with Gasteiger partial charge in [-0.3, -0.25) is 0 Å². The lowest BCUT2D eigenvalue weighted by Crippen LogP contribution is -2.04. The maximum Gasteiger partial charge on any atom is 0.336 e. The maximum atomic E-state index is 11.8. The fraction of sp³-hybridized carbons (Fsp3) is 0.158. The summed E-state index contributed by atoms with van der Waals surface area (Å²) < 4.78 is 0. The number of carbonyl (C=O) groups is 1. The third kappa shape index (κ3) is 2.90. The van der Waals surface area contributed by atoms with E-state index in [1.807, 2.05) is 44.2 Å². The van der Waals surface area contributed by atoms with Crippen LogP contribution in [0.5, 0.6) is 0 Å². The molecule has 0 bridgehead atoms. The van der Waals surface area contributed by atoms with Gasteiger partial charge in [0.15, 0.2) is 0 Å². The first-order chi connectivity index (χ1) is 11.1. The molecular weight excluding hydrogens is 306 g/mol. The first-order valence-electron chi connectivity index (χ1n) is 7.48. The molecule has 0 saturated carbocycles. The predicted molar refractivity (Wildman–Crippen MR) is 94.1 cm³/mol. The first kappa shape index (κ1) is 15.4. The molecule has 0 radical (unpaired) electrons. The van der Waals surface area contributed by atoms with Crippen LogP contribution in [-0.4, -0.2) is 16.1 Å². The summed E-state index contributed by atoms with van der Waals surface area (Å²) >= 11 is 1.54. The molecule has 0 spiro atoms. The van der Waals surface area contributed by atoms with Crippen molar-refractivity contribution in [2.24, 2.45) is 0 Å². The number of hydrogen-bond donors (Lipinski definition) is 1. The number of thiazole rings is 1. The van der Waals surface area contributed by atoms with Crippen LogP contribution in [0.1, 0.15) is 28.5 Å². The van der Waals surface area contributed by atoms with Crippen LogP contribution in [0.3, 0.4) is 0 Å². The zero-order valence-electron chi connectivity index (χ0n) is 13.0. The molecule has 0 aliphatic rings. The zero-order chi connectivity index (χ0) is 16.4. The Morgan fingerprint density at radius 3 is 2.48 bits per heavy atom. The second kappa shape index (κ2) is 6.34. The minimum Gasteiger partial charge on any atom is -0.478 e. The fourth-order valence-electron chi connectivity index (χ4n) is 2.83. The molecule has 1 heterocycles. The van der Waals surface area contributed by atoms with Gasteiger partial charge in [0, 0.05) is 0 Å².